The quantitative estimate of drug-likeness (QED) is 0.381. The largest absolute Gasteiger partial charge is 0.462 e. The topological polar surface area (TPSA) is 79.3 Å². The normalized spacial score (nSPS) is 57.2. The van der Waals surface area contributed by atoms with Crippen LogP contribution >= 0.6 is 0 Å². The van der Waals surface area contributed by atoms with Gasteiger partial charge in [-0.25, -0.2) is 0 Å². The van der Waals surface area contributed by atoms with E-state index >= 15 is 0 Å². The van der Waals surface area contributed by atoms with Crippen LogP contribution in [0.1, 0.15) is 26.2 Å². The number of ether oxygens (including phenoxy) is 2. The van der Waals surface area contributed by atoms with Crippen LogP contribution in [0.3, 0.4) is 0 Å². The molecule has 2 N–H and O–H groups in total. The average molecular weight is 280 g/mol. The molecule has 0 amide bonds. The molecule has 2 heterocycles. The van der Waals surface area contributed by atoms with Crippen LogP contribution in [0, 0.1) is 17.8 Å². The molecule has 110 valence electrons. The van der Waals surface area contributed by atoms with Crippen molar-refractivity contribution in [1.29, 1.82) is 0 Å². The highest BCUT2D eigenvalue weighted by Crippen LogP contribution is 2.60. The lowest BCUT2D eigenvalue weighted by Gasteiger charge is -2.33. The van der Waals surface area contributed by atoms with Crippen LogP contribution in [0.5, 0.6) is 0 Å². The van der Waals surface area contributed by atoms with E-state index in [-0.39, 0.29) is 29.8 Å². The minimum atomic E-state index is -1.14. The molecular formula is C15H20O5. The Morgan fingerprint density at radius 2 is 2.10 bits per heavy atom. The van der Waals surface area contributed by atoms with Crippen molar-refractivity contribution in [3.05, 3.63) is 12.2 Å². The number of hydrogen-bond donors (Lipinski definition) is 2. The summed E-state index contributed by atoms with van der Waals surface area (Å²) in [5.74, 6) is -0.583. The smallest absolute Gasteiger partial charge is 0.309 e. The molecule has 2 aliphatic heterocycles. The van der Waals surface area contributed by atoms with Crippen molar-refractivity contribution in [3.63, 3.8) is 0 Å². The van der Waals surface area contributed by atoms with E-state index in [2.05, 4.69) is 6.58 Å². The molecule has 2 aliphatic carbocycles. The van der Waals surface area contributed by atoms with Crippen molar-refractivity contribution in [2.75, 3.05) is 6.61 Å². The highest BCUT2D eigenvalue weighted by atomic mass is 16.6. The summed E-state index contributed by atoms with van der Waals surface area (Å²) in [6, 6.07) is 0. The molecule has 0 aromatic rings. The van der Waals surface area contributed by atoms with Gasteiger partial charge in [-0.15, -0.1) is 0 Å². The molecule has 4 fully saturated rings. The Morgan fingerprint density at radius 1 is 1.40 bits per heavy atom. The van der Waals surface area contributed by atoms with Gasteiger partial charge in [0.25, 0.3) is 0 Å². The van der Waals surface area contributed by atoms with Gasteiger partial charge in [0.15, 0.2) is 0 Å². The molecule has 5 nitrogen and oxygen atoms in total. The highest BCUT2D eigenvalue weighted by molar-refractivity contribution is 5.75. The van der Waals surface area contributed by atoms with E-state index in [0.29, 0.717) is 31.4 Å². The summed E-state index contributed by atoms with van der Waals surface area (Å²) in [6.45, 7) is 6.32. The number of fused-ring (bicyclic) bond motifs is 3. The van der Waals surface area contributed by atoms with Crippen molar-refractivity contribution < 1.29 is 24.5 Å². The summed E-state index contributed by atoms with van der Waals surface area (Å²) in [4.78, 5) is 11.8. The van der Waals surface area contributed by atoms with Crippen LogP contribution in [0.25, 0.3) is 0 Å². The molecule has 2 saturated heterocycles. The third kappa shape index (κ3) is 1.41. The molecule has 2 saturated carbocycles. The molecule has 1 spiro atoms. The Bertz CT molecular complexity index is 496. The predicted molar refractivity (Wildman–Crippen MR) is 68.7 cm³/mol. The lowest BCUT2D eigenvalue weighted by molar-refractivity contribution is -0.144. The first-order valence-corrected chi connectivity index (χ1v) is 7.31. The SMILES string of the molecule is C=C1C(O)CC2C3(CO3)CC3OC(=O)C(C)C3CC12O. The van der Waals surface area contributed by atoms with Gasteiger partial charge in [-0.3, -0.25) is 4.79 Å². The Kier molecular flexibility index (Phi) is 2.33. The van der Waals surface area contributed by atoms with E-state index in [4.69, 9.17) is 9.47 Å². The third-order valence-corrected chi connectivity index (χ3v) is 6.00. The van der Waals surface area contributed by atoms with Crippen LogP contribution in [-0.2, 0) is 14.3 Å². The van der Waals surface area contributed by atoms with Gasteiger partial charge in [-0.2, -0.15) is 0 Å². The van der Waals surface area contributed by atoms with E-state index in [1.807, 2.05) is 6.92 Å². The number of carbonyl (C=O) groups is 1. The van der Waals surface area contributed by atoms with Gasteiger partial charge in [0, 0.05) is 18.3 Å². The maximum absolute atomic E-state index is 11.8. The summed E-state index contributed by atoms with van der Waals surface area (Å²) >= 11 is 0. The second-order valence-electron chi connectivity index (χ2n) is 6.94. The molecular weight excluding hydrogens is 260 g/mol. The second-order valence-corrected chi connectivity index (χ2v) is 6.94. The van der Waals surface area contributed by atoms with Crippen molar-refractivity contribution in [1.82, 2.24) is 0 Å². The Hall–Kier alpha value is -0.910. The maximum Gasteiger partial charge on any atom is 0.309 e. The second kappa shape index (κ2) is 3.64. The van der Waals surface area contributed by atoms with Gasteiger partial charge in [-0.05, 0) is 18.4 Å². The first-order valence-electron chi connectivity index (χ1n) is 7.31. The third-order valence-electron chi connectivity index (χ3n) is 6.00. The zero-order chi connectivity index (χ0) is 14.3. The van der Waals surface area contributed by atoms with Gasteiger partial charge < -0.3 is 19.7 Å². The first kappa shape index (κ1) is 12.8. The lowest BCUT2D eigenvalue weighted by atomic mass is 9.76. The van der Waals surface area contributed by atoms with E-state index in [9.17, 15) is 15.0 Å². The van der Waals surface area contributed by atoms with Crippen molar-refractivity contribution in [3.8, 4) is 0 Å². The van der Waals surface area contributed by atoms with Crippen molar-refractivity contribution in [2.24, 2.45) is 17.8 Å². The molecule has 0 aromatic carbocycles. The van der Waals surface area contributed by atoms with Crippen LogP contribution in [0.4, 0.5) is 0 Å². The Labute approximate surface area is 117 Å². The zero-order valence-corrected chi connectivity index (χ0v) is 11.5. The Balaban J connectivity index is 1.77. The fraction of sp³-hybridized carbons (Fsp3) is 0.800. The van der Waals surface area contributed by atoms with E-state index < -0.39 is 17.3 Å². The lowest BCUT2D eigenvalue weighted by Crippen LogP contribution is -2.43. The van der Waals surface area contributed by atoms with Crippen LogP contribution in [-0.4, -0.2) is 46.2 Å². The van der Waals surface area contributed by atoms with Crippen molar-refractivity contribution in [2.45, 2.75) is 49.6 Å². The fourth-order valence-electron chi connectivity index (χ4n) is 4.59. The average Bonchev–Trinajstić information content (AvgIpc) is 3.09. The van der Waals surface area contributed by atoms with Crippen LogP contribution in [0.2, 0.25) is 0 Å². The van der Waals surface area contributed by atoms with Gasteiger partial charge in [-0.1, -0.05) is 13.5 Å². The predicted octanol–water partition coefficient (Wildman–Crippen LogP) is 0.395. The zero-order valence-electron chi connectivity index (χ0n) is 11.5. The summed E-state index contributed by atoms with van der Waals surface area (Å²) < 4.78 is 11.2. The molecule has 5 heteroatoms. The number of carbonyl (C=O) groups excluding carboxylic acids is 1. The van der Waals surface area contributed by atoms with Crippen molar-refractivity contribution >= 4 is 5.97 Å². The number of aliphatic hydroxyl groups excluding tert-OH is 1. The summed E-state index contributed by atoms with van der Waals surface area (Å²) in [5.41, 5.74) is -1.11. The molecule has 0 aromatic heterocycles. The van der Waals surface area contributed by atoms with E-state index in [1.54, 1.807) is 0 Å². The summed E-state index contributed by atoms with van der Waals surface area (Å²) in [7, 11) is 0. The number of aliphatic hydroxyl groups is 2. The van der Waals surface area contributed by atoms with E-state index in [1.165, 1.54) is 0 Å². The molecule has 0 radical (unpaired) electrons. The minimum absolute atomic E-state index is 0.0272. The molecule has 4 aliphatic rings. The van der Waals surface area contributed by atoms with E-state index in [0.717, 1.165) is 0 Å². The molecule has 4 rings (SSSR count). The minimum Gasteiger partial charge on any atom is -0.462 e. The number of epoxide rings is 1. The monoisotopic (exact) mass is 280 g/mol. The van der Waals surface area contributed by atoms with Gasteiger partial charge in [0.2, 0.25) is 0 Å². The maximum atomic E-state index is 11.8. The number of esters is 1. The number of hydrogen-bond acceptors (Lipinski definition) is 5. The Morgan fingerprint density at radius 3 is 2.75 bits per heavy atom. The number of rotatable bonds is 0. The van der Waals surface area contributed by atoms with Gasteiger partial charge in [0.05, 0.1) is 24.2 Å². The summed E-state index contributed by atoms with van der Waals surface area (Å²) in [6.07, 6.45) is 0.671. The molecule has 20 heavy (non-hydrogen) atoms. The molecule has 7 unspecified atom stereocenters. The first-order chi connectivity index (χ1) is 9.37. The van der Waals surface area contributed by atoms with Gasteiger partial charge in [0.1, 0.15) is 11.7 Å². The van der Waals surface area contributed by atoms with Crippen LogP contribution in [0.15, 0.2) is 12.2 Å². The highest BCUT2D eigenvalue weighted by Gasteiger charge is 2.68. The fourth-order valence-corrected chi connectivity index (χ4v) is 4.59. The standard InChI is InChI=1S/C15H20O5/c1-7-9-4-15(18)8(2)10(16)3-12(15)14(6-19-14)5-11(9)20-13(7)17/h7,9-12,16,18H,2-6H2,1H3. The molecule has 7 atom stereocenters. The molecule has 0 bridgehead atoms. The van der Waals surface area contributed by atoms with Crippen LogP contribution < -0.4 is 0 Å². The van der Waals surface area contributed by atoms with Gasteiger partial charge >= 0.3 is 5.97 Å². The summed E-state index contributed by atoms with van der Waals surface area (Å²) in [5, 5.41) is 21.2.